The van der Waals surface area contributed by atoms with Crippen LogP contribution in [-0.4, -0.2) is 5.78 Å². The third-order valence-corrected chi connectivity index (χ3v) is 1.49. The minimum absolute atomic E-state index is 0.110. The van der Waals surface area contributed by atoms with E-state index in [-0.39, 0.29) is 11.7 Å². The van der Waals surface area contributed by atoms with Gasteiger partial charge in [0, 0.05) is 5.92 Å². The summed E-state index contributed by atoms with van der Waals surface area (Å²) in [5.41, 5.74) is 0.785. The minimum atomic E-state index is 0.110. The summed E-state index contributed by atoms with van der Waals surface area (Å²) >= 11 is 0. The van der Waals surface area contributed by atoms with Crippen LogP contribution in [-0.2, 0) is 4.79 Å². The minimum Gasteiger partial charge on any atom is -0.300 e. The van der Waals surface area contributed by atoms with Crippen molar-refractivity contribution in [2.45, 2.75) is 27.2 Å². The Balaban J connectivity index is 3.70. The molecule has 0 aromatic rings. The average molecular weight is 138 g/mol. The Bertz CT molecular complexity index is 141. The van der Waals surface area contributed by atoms with Crippen molar-refractivity contribution in [1.29, 1.82) is 0 Å². The highest BCUT2D eigenvalue weighted by Gasteiger charge is 2.03. The molecule has 0 rings (SSSR count). The summed E-state index contributed by atoms with van der Waals surface area (Å²) in [6.07, 6.45) is 2.64. The standard InChI is InChI=1S/C9H14O/c1-7(2)5-6-8(3)9(4)10/h1,5,8H,6H2,2-4H3/b7-5-. The highest BCUT2D eigenvalue weighted by Crippen LogP contribution is 2.05. The van der Waals surface area contributed by atoms with Crippen LogP contribution < -0.4 is 0 Å². The molecule has 10 heavy (non-hydrogen) atoms. The molecule has 1 unspecified atom stereocenters. The molecule has 0 saturated carbocycles. The first-order chi connectivity index (χ1) is 4.54. The van der Waals surface area contributed by atoms with E-state index in [9.17, 15) is 4.79 Å². The van der Waals surface area contributed by atoms with Crippen LogP contribution in [0, 0.1) is 12.8 Å². The van der Waals surface area contributed by atoms with Crippen LogP contribution in [0.3, 0.4) is 0 Å². The lowest BCUT2D eigenvalue weighted by molar-refractivity contribution is -0.120. The number of hydrogen-bond donors (Lipinski definition) is 0. The molecule has 1 atom stereocenters. The van der Waals surface area contributed by atoms with Crippen molar-refractivity contribution in [3.05, 3.63) is 18.6 Å². The van der Waals surface area contributed by atoms with E-state index < -0.39 is 0 Å². The summed E-state index contributed by atoms with van der Waals surface area (Å²) in [5.74, 6) is 0.330. The summed E-state index contributed by atoms with van der Waals surface area (Å²) in [7, 11) is 0. The number of carbonyl (C=O) groups is 1. The van der Waals surface area contributed by atoms with Gasteiger partial charge in [-0.05, 0) is 27.2 Å². The predicted molar refractivity (Wildman–Crippen MR) is 42.5 cm³/mol. The Hall–Kier alpha value is -0.590. The van der Waals surface area contributed by atoms with Gasteiger partial charge in [0.2, 0.25) is 0 Å². The molecule has 56 valence electrons. The first-order valence-corrected chi connectivity index (χ1v) is 3.46. The van der Waals surface area contributed by atoms with Gasteiger partial charge in [0.15, 0.2) is 0 Å². The van der Waals surface area contributed by atoms with Crippen molar-refractivity contribution in [2.24, 2.45) is 5.92 Å². The predicted octanol–water partition coefficient (Wildman–Crippen LogP) is 2.26. The number of ketones is 1. The molecule has 0 aliphatic heterocycles. The van der Waals surface area contributed by atoms with E-state index in [1.54, 1.807) is 6.92 Å². The number of hydrogen-bond acceptors (Lipinski definition) is 1. The van der Waals surface area contributed by atoms with E-state index in [0.717, 1.165) is 12.0 Å². The van der Waals surface area contributed by atoms with Crippen LogP contribution in [0.4, 0.5) is 0 Å². The van der Waals surface area contributed by atoms with Gasteiger partial charge < -0.3 is 0 Å². The quantitative estimate of drug-likeness (QED) is 0.584. The van der Waals surface area contributed by atoms with Crippen molar-refractivity contribution < 1.29 is 4.79 Å². The maximum atomic E-state index is 10.7. The van der Waals surface area contributed by atoms with Crippen molar-refractivity contribution in [3.63, 3.8) is 0 Å². The Kier molecular flexibility index (Phi) is 4.01. The molecule has 0 aliphatic carbocycles. The highest BCUT2D eigenvalue weighted by atomic mass is 16.1. The topological polar surface area (TPSA) is 17.1 Å². The third kappa shape index (κ3) is 4.30. The molecule has 0 saturated heterocycles. The fourth-order valence-electron chi connectivity index (χ4n) is 0.529. The molecule has 1 heteroatoms. The molecule has 0 aromatic carbocycles. The van der Waals surface area contributed by atoms with Gasteiger partial charge in [-0.1, -0.05) is 18.6 Å². The molecular formula is C9H14O. The molecule has 0 fully saturated rings. The van der Waals surface area contributed by atoms with E-state index in [2.05, 4.69) is 0 Å². The van der Waals surface area contributed by atoms with Gasteiger partial charge in [0.25, 0.3) is 0 Å². The smallest absolute Gasteiger partial charge is 0.132 e. The SMILES string of the molecule is [CH]/C(C)=C/CC(C)C(C)=O. The second kappa shape index (κ2) is 4.26. The van der Waals surface area contributed by atoms with Crippen molar-refractivity contribution in [3.8, 4) is 0 Å². The molecule has 0 aliphatic rings. The van der Waals surface area contributed by atoms with Gasteiger partial charge >= 0.3 is 0 Å². The highest BCUT2D eigenvalue weighted by molar-refractivity contribution is 5.77. The van der Waals surface area contributed by atoms with Crippen LogP contribution in [0.25, 0.3) is 0 Å². The van der Waals surface area contributed by atoms with E-state index >= 15 is 0 Å². The van der Waals surface area contributed by atoms with E-state index in [0.29, 0.717) is 0 Å². The van der Waals surface area contributed by atoms with E-state index in [1.165, 1.54) is 0 Å². The number of rotatable bonds is 3. The monoisotopic (exact) mass is 138 g/mol. The fourth-order valence-corrected chi connectivity index (χ4v) is 0.529. The van der Waals surface area contributed by atoms with Crippen LogP contribution in [0.15, 0.2) is 11.6 Å². The maximum Gasteiger partial charge on any atom is 0.132 e. The van der Waals surface area contributed by atoms with Gasteiger partial charge in [0.1, 0.15) is 5.78 Å². The fraction of sp³-hybridized carbons (Fsp3) is 0.556. The molecule has 0 amide bonds. The maximum absolute atomic E-state index is 10.7. The zero-order valence-corrected chi connectivity index (χ0v) is 6.85. The third-order valence-electron chi connectivity index (χ3n) is 1.49. The Morgan fingerprint density at radius 3 is 2.40 bits per heavy atom. The average Bonchev–Trinajstić information content (AvgIpc) is 1.82. The number of Topliss-reactive ketones (excluding diaryl/α,β-unsaturated/α-hetero) is 1. The van der Waals surface area contributed by atoms with Gasteiger partial charge in [-0.25, -0.2) is 0 Å². The zero-order chi connectivity index (χ0) is 8.15. The summed E-state index contributed by atoms with van der Waals surface area (Å²) in [6, 6.07) is 0. The lowest BCUT2D eigenvalue weighted by Gasteiger charge is -2.01. The van der Waals surface area contributed by atoms with Gasteiger partial charge in [-0.2, -0.15) is 0 Å². The molecule has 0 aromatic heterocycles. The molecule has 0 N–H and O–H groups in total. The first-order valence-electron chi connectivity index (χ1n) is 3.46. The van der Waals surface area contributed by atoms with Crippen LogP contribution in [0.5, 0.6) is 0 Å². The van der Waals surface area contributed by atoms with Gasteiger partial charge in [0.05, 0.1) is 0 Å². The lowest BCUT2D eigenvalue weighted by Crippen LogP contribution is -2.04. The molecular weight excluding hydrogens is 124 g/mol. The summed E-state index contributed by atoms with van der Waals surface area (Å²) < 4.78 is 0. The van der Waals surface area contributed by atoms with Gasteiger partial charge in [-0.15, -0.1) is 0 Å². The van der Waals surface area contributed by atoms with E-state index in [1.807, 2.05) is 19.9 Å². The largest absolute Gasteiger partial charge is 0.300 e. The van der Waals surface area contributed by atoms with Crippen LogP contribution >= 0.6 is 0 Å². The second-order valence-corrected chi connectivity index (χ2v) is 2.70. The second-order valence-electron chi connectivity index (χ2n) is 2.70. The summed E-state index contributed by atoms with van der Waals surface area (Å²) in [6.45, 7) is 10.7. The van der Waals surface area contributed by atoms with Gasteiger partial charge in [-0.3, -0.25) is 4.79 Å². The van der Waals surface area contributed by atoms with E-state index in [4.69, 9.17) is 6.92 Å². The van der Waals surface area contributed by atoms with Crippen molar-refractivity contribution in [2.75, 3.05) is 0 Å². The first kappa shape index (κ1) is 9.41. The zero-order valence-electron chi connectivity index (χ0n) is 6.85. The molecule has 2 radical (unpaired) electrons. The Labute approximate surface area is 63.1 Å². The summed E-state index contributed by atoms with van der Waals surface area (Å²) in [5, 5.41) is 0. The molecule has 0 bridgehead atoms. The Morgan fingerprint density at radius 1 is 1.60 bits per heavy atom. The van der Waals surface area contributed by atoms with Crippen LogP contribution in [0.2, 0.25) is 0 Å². The lowest BCUT2D eigenvalue weighted by atomic mass is 10.0. The van der Waals surface area contributed by atoms with Crippen molar-refractivity contribution >= 4 is 5.78 Å². The van der Waals surface area contributed by atoms with Crippen LogP contribution in [0.1, 0.15) is 27.2 Å². The molecule has 0 spiro atoms. The summed E-state index contributed by atoms with van der Waals surface area (Å²) in [4.78, 5) is 10.7. The molecule has 0 heterocycles. The van der Waals surface area contributed by atoms with Crippen molar-refractivity contribution in [1.82, 2.24) is 0 Å². The normalized spacial score (nSPS) is 15.0. The molecule has 1 nitrogen and oxygen atoms in total. The number of carbonyl (C=O) groups excluding carboxylic acids is 1. The Morgan fingerprint density at radius 2 is 2.10 bits per heavy atom. The number of allylic oxidation sites excluding steroid dienone is 2.